The zero-order chi connectivity index (χ0) is 11.4. The predicted molar refractivity (Wildman–Crippen MR) is 50.0 cm³/mol. The van der Waals surface area contributed by atoms with Crippen molar-refractivity contribution in [2.75, 3.05) is 13.2 Å². The molecule has 1 aliphatic heterocycles. The highest BCUT2D eigenvalue weighted by Crippen LogP contribution is 2.21. The Labute approximate surface area is 88.1 Å². The van der Waals surface area contributed by atoms with E-state index in [-0.39, 0.29) is 0 Å². The fraction of sp³-hybridized carbons (Fsp3) is 1.00. The van der Waals surface area contributed by atoms with Gasteiger partial charge in [0.05, 0.1) is 6.61 Å². The highest BCUT2D eigenvalue weighted by Gasteiger charge is 2.43. The fourth-order valence-electron chi connectivity index (χ4n) is 1.44. The minimum atomic E-state index is -1.36. The van der Waals surface area contributed by atoms with Gasteiger partial charge in [-0.2, -0.15) is 0 Å². The summed E-state index contributed by atoms with van der Waals surface area (Å²) in [5, 5.41) is 37.2. The van der Waals surface area contributed by atoms with Gasteiger partial charge in [0.25, 0.3) is 0 Å². The number of hydrogen-bond donors (Lipinski definition) is 4. The molecule has 1 aliphatic rings. The molecule has 0 aliphatic carbocycles. The highest BCUT2D eigenvalue weighted by atomic mass is 16.7. The van der Waals surface area contributed by atoms with Crippen LogP contribution in [0, 0.1) is 0 Å². The molecule has 0 amide bonds. The van der Waals surface area contributed by atoms with Crippen LogP contribution in [0.2, 0.25) is 0 Å². The Hall–Kier alpha value is -0.240. The topological polar surface area (TPSA) is 99.4 Å². The maximum atomic E-state index is 9.51. The van der Waals surface area contributed by atoms with Gasteiger partial charge in [0, 0.05) is 6.61 Å². The minimum Gasteiger partial charge on any atom is -0.394 e. The molecule has 0 spiro atoms. The second-order valence-electron chi connectivity index (χ2n) is 3.57. The van der Waals surface area contributed by atoms with Gasteiger partial charge in [-0.25, -0.2) is 0 Å². The number of rotatable bonds is 4. The Balaban J connectivity index is 2.57. The van der Waals surface area contributed by atoms with Gasteiger partial charge in [0.1, 0.15) is 24.4 Å². The molecule has 4 N–H and O–H groups in total. The van der Waals surface area contributed by atoms with E-state index >= 15 is 0 Å². The van der Waals surface area contributed by atoms with Crippen LogP contribution in [-0.4, -0.2) is 64.3 Å². The first-order valence-corrected chi connectivity index (χ1v) is 5.04. The molecular weight excluding hydrogens is 204 g/mol. The minimum absolute atomic E-state index is 0.378. The molecule has 5 atom stereocenters. The average Bonchev–Trinajstić information content (AvgIpc) is 2.25. The first-order chi connectivity index (χ1) is 7.11. The number of aliphatic hydroxyl groups is 4. The quantitative estimate of drug-likeness (QED) is 0.448. The normalized spacial score (nSPS) is 41.8. The van der Waals surface area contributed by atoms with Gasteiger partial charge in [-0.1, -0.05) is 6.92 Å². The zero-order valence-electron chi connectivity index (χ0n) is 8.61. The summed E-state index contributed by atoms with van der Waals surface area (Å²) in [6.07, 6.45) is -5.14. The maximum absolute atomic E-state index is 9.51. The van der Waals surface area contributed by atoms with Crippen LogP contribution >= 0.6 is 0 Å². The van der Waals surface area contributed by atoms with E-state index in [0.717, 1.165) is 6.42 Å². The van der Waals surface area contributed by atoms with Crippen molar-refractivity contribution in [2.24, 2.45) is 0 Å². The van der Waals surface area contributed by atoms with Crippen LogP contribution in [0.3, 0.4) is 0 Å². The molecule has 90 valence electrons. The van der Waals surface area contributed by atoms with Crippen LogP contribution in [0.25, 0.3) is 0 Å². The summed E-state index contributed by atoms with van der Waals surface area (Å²) in [5.74, 6) is 0. The number of ether oxygens (including phenoxy) is 2. The lowest BCUT2D eigenvalue weighted by Gasteiger charge is -2.39. The standard InChI is InChI=1S/C9H18O6/c1-2-3-14-9-8(13)7(12)6(11)5(4-10)15-9/h5-13H,2-4H2,1H3/t5-,6+,7+,8+,9+/m1/s1. The van der Waals surface area contributed by atoms with Crippen LogP contribution in [0.1, 0.15) is 13.3 Å². The third-order valence-corrected chi connectivity index (χ3v) is 2.33. The van der Waals surface area contributed by atoms with Crippen molar-refractivity contribution >= 4 is 0 Å². The van der Waals surface area contributed by atoms with Gasteiger partial charge in [-0.05, 0) is 6.42 Å². The molecule has 0 bridgehead atoms. The zero-order valence-corrected chi connectivity index (χ0v) is 8.61. The van der Waals surface area contributed by atoms with E-state index in [4.69, 9.17) is 14.6 Å². The Morgan fingerprint density at radius 2 is 1.80 bits per heavy atom. The summed E-state index contributed by atoms with van der Waals surface area (Å²) in [6.45, 7) is 1.84. The molecule has 1 saturated heterocycles. The molecule has 1 fully saturated rings. The van der Waals surface area contributed by atoms with Crippen LogP contribution in [0.5, 0.6) is 0 Å². The molecule has 6 heteroatoms. The van der Waals surface area contributed by atoms with E-state index in [0.29, 0.717) is 6.61 Å². The van der Waals surface area contributed by atoms with Crippen molar-refractivity contribution in [2.45, 2.75) is 44.1 Å². The van der Waals surface area contributed by atoms with E-state index in [1.165, 1.54) is 0 Å². The van der Waals surface area contributed by atoms with E-state index in [2.05, 4.69) is 0 Å². The molecule has 15 heavy (non-hydrogen) atoms. The van der Waals surface area contributed by atoms with Crippen molar-refractivity contribution in [3.8, 4) is 0 Å². The number of hydrogen-bond acceptors (Lipinski definition) is 6. The Bertz CT molecular complexity index is 185. The van der Waals surface area contributed by atoms with E-state index < -0.39 is 37.3 Å². The lowest BCUT2D eigenvalue weighted by molar-refractivity contribution is -0.300. The smallest absolute Gasteiger partial charge is 0.186 e. The van der Waals surface area contributed by atoms with Crippen molar-refractivity contribution in [3.05, 3.63) is 0 Å². The van der Waals surface area contributed by atoms with Crippen molar-refractivity contribution < 1.29 is 29.9 Å². The second kappa shape index (κ2) is 5.74. The van der Waals surface area contributed by atoms with Gasteiger partial charge >= 0.3 is 0 Å². The number of aliphatic hydroxyl groups excluding tert-OH is 4. The third kappa shape index (κ3) is 2.87. The lowest BCUT2D eigenvalue weighted by atomic mass is 9.99. The average molecular weight is 222 g/mol. The van der Waals surface area contributed by atoms with Crippen LogP contribution in [0.4, 0.5) is 0 Å². The first-order valence-electron chi connectivity index (χ1n) is 5.04. The molecule has 6 nitrogen and oxygen atoms in total. The van der Waals surface area contributed by atoms with Crippen molar-refractivity contribution in [1.29, 1.82) is 0 Å². The summed E-state index contributed by atoms with van der Waals surface area (Å²) >= 11 is 0. The van der Waals surface area contributed by atoms with Gasteiger partial charge in [-0.3, -0.25) is 0 Å². The van der Waals surface area contributed by atoms with Crippen LogP contribution in [-0.2, 0) is 9.47 Å². The largest absolute Gasteiger partial charge is 0.394 e. The molecule has 0 aromatic carbocycles. The molecular formula is C9H18O6. The van der Waals surface area contributed by atoms with E-state index in [1.54, 1.807) is 0 Å². The van der Waals surface area contributed by atoms with Gasteiger partial charge in [-0.15, -0.1) is 0 Å². The van der Waals surface area contributed by atoms with E-state index in [1.807, 2.05) is 6.92 Å². The molecule has 0 radical (unpaired) electrons. The van der Waals surface area contributed by atoms with Gasteiger partial charge < -0.3 is 29.9 Å². The Morgan fingerprint density at radius 3 is 2.33 bits per heavy atom. The van der Waals surface area contributed by atoms with Crippen LogP contribution < -0.4 is 0 Å². The SMILES string of the molecule is CCCO[C@H]1O[C@H](CO)[C@H](O)[C@H](O)[C@@H]1O. The molecule has 0 aromatic heterocycles. The summed E-state index contributed by atoms with van der Waals surface area (Å²) in [7, 11) is 0. The summed E-state index contributed by atoms with van der Waals surface area (Å²) in [5.41, 5.74) is 0. The molecule has 1 rings (SSSR count). The summed E-state index contributed by atoms with van der Waals surface area (Å²) in [4.78, 5) is 0. The maximum Gasteiger partial charge on any atom is 0.186 e. The third-order valence-electron chi connectivity index (χ3n) is 2.33. The fourth-order valence-corrected chi connectivity index (χ4v) is 1.44. The monoisotopic (exact) mass is 222 g/mol. The predicted octanol–water partition coefficient (Wildman–Crippen LogP) is -1.79. The lowest BCUT2D eigenvalue weighted by Crippen LogP contribution is -2.59. The van der Waals surface area contributed by atoms with Gasteiger partial charge in [0.2, 0.25) is 0 Å². The summed E-state index contributed by atoms with van der Waals surface area (Å²) < 4.78 is 10.2. The van der Waals surface area contributed by atoms with Crippen molar-refractivity contribution in [1.82, 2.24) is 0 Å². The van der Waals surface area contributed by atoms with E-state index in [9.17, 15) is 15.3 Å². The molecule has 0 aromatic rings. The molecule has 0 saturated carbocycles. The molecule has 0 unspecified atom stereocenters. The van der Waals surface area contributed by atoms with Crippen LogP contribution in [0.15, 0.2) is 0 Å². The first kappa shape index (κ1) is 12.8. The van der Waals surface area contributed by atoms with Gasteiger partial charge in [0.15, 0.2) is 6.29 Å². The Morgan fingerprint density at radius 1 is 1.13 bits per heavy atom. The molecule has 1 heterocycles. The second-order valence-corrected chi connectivity index (χ2v) is 3.57. The Kier molecular flexibility index (Phi) is 4.91. The highest BCUT2D eigenvalue weighted by molar-refractivity contribution is 4.88. The summed E-state index contributed by atoms with van der Waals surface area (Å²) in [6, 6.07) is 0. The van der Waals surface area contributed by atoms with Crippen molar-refractivity contribution in [3.63, 3.8) is 0 Å².